The Morgan fingerprint density at radius 1 is 1.09 bits per heavy atom. The molecule has 8 nitrogen and oxygen atoms in total. The first kappa shape index (κ1) is 22.6. The highest BCUT2D eigenvalue weighted by Crippen LogP contribution is 2.38. The number of aromatic nitrogens is 4. The van der Waals surface area contributed by atoms with E-state index in [-0.39, 0.29) is 24.6 Å². The van der Waals surface area contributed by atoms with Crippen LogP contribution in [0.5, 0.6) is 0 Å². The van der Waals surface area contributed by atoms with Gasteiger partial charge in [0.2, 0.25) is 5.95 Å². The van der Waals surface area contributed by atoms with Gasteiger partial charge < -0.3 is 20.8 Å². The van der Waals surface area contributed by atoms with Gasteiger partial charge in [-0.2, -0.15) is 4.98 Å². The lowest BCUT2D eigenvalue weighted by Crippen LogP contribution is -2.20. The summed E-state index contributed by atoms with van der Waals surface area (Å²) < 4.78 is 1.10. The molecule has 0 bridgehead atoms. The molecule has 1 aliphatic carbocycles. The van der Waals surface area contributed by atoms with E-state index in [0.29, 0.717) is 24.6 Å². The van der Waals surface area contributed by atoms with Gasteiger partial charge in [-0.15, -0.1) is 11.3 Å². The molecule has 4 atom stereocenters. The van der Waals surface area contributed by atoms with Crippen LogP contribution in [0, 0.1) is 12.8 Å². The molecule has 0 radical (unpaired) electrons. The van der Waals surface area contributed by atoms with E-state index < -0.39 is 6.10 Å². The maximum absolute atomic E-state index is 10.3. The third-order valence-electron chi connectivity index (χ3n) is 6.31. The summed E-state index contributed by atoms with van der Waals surface area (Å²) in [5.74, 6) is 1.05. The van der Waals surface area contributed by atoms with Crippen molar-refractivity contribution in [2.24, 2.45) is 5.92 Å². The summed E-state index contributed by atoms with van der Waals surface area (Å²) in [6.07, 6.45) is 2.47. The molecule has 1 fully saturated rings. The molecular weight excluding hydrogens is 448 g/mol. The minimum absolute atomic E-state index is 0.00404. The van der Waals surface area contributed by atoms with Gasteiger partial charge in [-0.1, -0.05) is 18.2 Å². The Kier molecular flexibility index (Phi) is 6.40. The fraction of sp³-hybridized carbons (Fsp3) is 0.360. The Bertz CT molecular complexity index is 1250. The number of aryl methyl sites for hydroxylation is 1. The first-order chi connectivity index (χ1) is 16.5. The molecule has 4 aromatic rings. The number of fused-ring (bicyclic) bond motifs is 1. The number of pyridine rings is 1. The number of nitrogens with zero attached hydrogens (tertiary/aromatic N) is 4. The van der Waals surface area contributed by atoms with E-state index in [2.05, 4.69) is 21.7 Å². The minimum Gasteiger partial charge on any atom is -0.396 e. The summed E-state index contributed by atoms with van der Waals surface area (Å²) in [4.78, 5) is 18.9. The number of aliphatic hydroxyl groups excluding tert-OH is 2. The van der Waals surface area contributed by atoms with Crippen molar-refractivity contribution >= 4 is 33.3 Å². The number of benzene rings is 1. The van der Waals surface area contributed by atoms with Gasteiger partial charge in [-0.05, 0) is 51.0 Å². The van der Waals surface area contributed by atoms with E-state index in [1.807, 2.05) is 50.2 Å². The second kappa shape index (κ2) is 9.61. The number of para-hydroxylation sites is 1. The van der Waals surface area contributed by atoms with Gasteiger partial charge in [0.05, 0.1) is 39.3 Å². The third-order valence-corrected chi connectivity index (χ3v) is 7.36. The Morgan fingerprint density at radius 3 is 2.65 bits per heavy atom. The Balaban J connectivity index is 1.52. The highest BCUT2D eigenvalue weighted by molar-refractivity contribution is 7.21. The number of thiazole rings is 1. The van der Waals surface area contributed by atoms with Gasteiger partial charge in [0.15, 0.2) is 0 Å². The largest absolute Gasteiger partial charge is 0.396 e. The van der Waals surface area contributed by atoms with Crippen molar-refractivity contribution in [3.05, 3.63) is 60.0 Å². The molecule has 34 heavy (non-hydrogen) atoms. The molecule has 1 aromatic carbocycles. The predicted octanol–water partition coefficient (Wildman–Crippen LogP) is 4.17. The Hall–Kier alpha value is -3.14. The number of hydrogen-bond donors (Lipinski definition) is 4. The first-order valence-corrected chi connectivity index (χ1v) is 12.3. The van der Waals surface area contributed by atoms with Crippen LogP contribution in [0.3, 0.4) is 0 Å². The molecule has 0 saturated heterocycles. The van der Waals surface area contributed by atoms with Crippen LogP contribution in [0.25, 0.3) is 20.8 Å². The van der Waals surface area contributed by atoms with Crippen molar-refractivity contribution in [3.8, 4) is 10.6 Å². The topological polar surface area (TPSA) is 116 Å². The Morgan fingerprint density at radius 2 is 1.91 bits per heavy atom. The first-order valence-electron chi connectivity index (χ1n) is 11.5. The second-order valence-corrected chi connectivity index (χ2v) is 9.82. The second-order valence-electron chi connectivity index (χ2n) is 8.79. The normalized spacial score (nSPS) is 21.0. The van der Waals surface area contributed by atoms with Crippen LogP contribution in [-0.4, -0.2) is 48.9 Å². The summed E-state index contributed by atoms with van der Waals surface area (Å²) in [5.41, 5.74) is 3.51. The molecule has 9 heteroatoms. The monoisotopic (exact) mass is 476 g/mol. The van der Waals surface area contributed by atoms with Gasteiger partial charge in [-0.25, -0.2) is 9.97 Å². The van der Waals surface area contributed by atoms with Crippen molar-refractivity contribution in [3.63, 3.8) is 0 Å². The Labute approximate surface area is 202 Å². The number of aliphatic hydroxyl groups is 2. The zero-order chi connectivity index (χ0) is 23.7. The van der Waals surface area contributed by atoms with Crippen LogP contribution in [0.15, 0.2) is 48.7 Å². The van der Waals surface area contributed by atoms with Crippen LogP contribution in [0.1, 0.15) is 37.2 Å². The number of anilines is 2. The highest BCUT2D eigenvalue weighted by atomic mass is 32.1. The predicted molar refractivity (Wildman–Crippen MR) is 135 cm³/mol. The lowest BCUT2D eigenvalue weighted by Gasteiger charge is -2.19. The number of nitrogens with one attached hydrogen (secondary N) is 2. The van der Waals surface area contributed by atoms with Crippen molar-refractivity contribution in [2.75, 3.05) is 17.2 Å². The SMILES string of the molecule is Cc1nc(NC(C)c2ccccn2)nc(N[C@@H]2C[C@H](CO)[C@@H](O)C2)c1-c1nc2ccccc2s1. The van der Waals surface area contributed by atoms with Crippen LogP contribution in [0.4, 0.5) is 11.8 Å². The smallest absolute Gasteiger partial charge is 0.225 e. The van der Waals surface area contributed by atoms with E-state index in [0.717, 1.165) is 32.2 Å². The van der Waals surface area contributed by atoms with Gasteiger partial charge in [0.1, 0.15) is 10.8 Å². The molecule has 0 spiro atoms. The van der Waals surface area contributed by atoms with Gasteiger partial charge in [-0.3, -0.25) is 4.98 Å². The fourth-order valence-electron chi connectivity index (χ4n) is 4.49. The molecule has 3 heterocycles. The molecule has 1 saturated carbocycles. The maximum atomic E-state index is 10.3. The zero-order valence-electron chi connectivity index (χ0n) is 19.1. The standard InChI is InChI=1S/C25H28N6O2S/c1-14(18-7-5-6-10-26-18)27-25-28-15(2)22(24-30-19-8-3-4-9-21(19)34-24)23(31-25)29-17-11-16(13-32)20(33)12-17/h3-10,14,16-17,20,32-33H,11-13H2,1-2H3,(H2,27,28,29,31)/t14?,16-,17-,20+/m1/s1. The number of hydrogen-bond acceptors (Lipinski definition) is 9. The number of rotatable bonds is 7. The average Bonchev–Trinajstić information content (AvgIpc) is 3.41. The van der Waals surface area contributed by atoms with Crippen LogP contribution >= 0.6 is 11.3 Å². The van der Waals surface area contributed by atoms with Gasteiger partial charge in [0, 0.05) is 24.8 Å². The van der Waals surface area contributed by atoms with Crippen LogP contribution < -0.4 is 10.6 Å². The van der Waals surface area contributed by atoms with E-state index in [1.165, 1.54) is 0 Å². The molecule has 0 amide bonds. The summed E-state index contributed by atoms with van der Waals surface area (Å²) in [6.45, 7) is 3.96. The van der Waals surface area contributed by atoms with Crippen molar-refractivity contribution in [1.82, 2.24) is 19.9 Å². The van der Waals surface area contributed by atoms with E-state index >= 15 is 0 Å². The summed E-state index contributed by atoms with van der Waals surface area (Å²) >= 11 is 1.61. The van der Waals surface area contributed by atoms with Gasteiger partial charge >= 0.3 is 0 Å². The van der Waals surface area contributed by atoms with Gasteiger partial charge in [0.25, 0.3) is 0 Å². The van der Waals surface area contributed by atoms with E-state index in [9.17, 15) is 10.2 Å². The molecule has 0 aliphatic heterocycles. The lowest BCUT2D eigenvalue weighted by molar-refractivity contribution is 0.0908. The maximum Gasteiger partial charge on any atom is 0.225 e. The highest BCUT2D eigenvalue weighted by Gasteiger charge is 2.33. The fourth-order valence-corrected chi connectivity index (χ4v) is 5.55. The summed E-state index contributed by atoms with van der Waals surface area (Å²) in [7, 11) is 0. The molecule has 4 N–H and O–H groups in total. The quantitative estimate of drug-likeness (QED) is 0.314. The molecule has 5 rings (SSSR count). The van der Waals surface area contributed by atoms with E-state index in [4.69, 9.17) is 15.0 Å². The van der Waals surface area contributed by atoms with Crippen molar-refractivity contribution in [2.45, 2.75) is 44.9 Å². The van der Waals surface area contributed by atoms with E-state index in [1.54, 1.807) is 17.5 Å². The summed E-state index contributed by atoms with van der Waals surface area (Å²) in [5, 5.41) is 27.6. The third kappa shape index (κ3) is 4.59. The molecule has 176 valence electrons. The molecule has 1 aliphatic rings. The van der Waals surface area contributed by atoms with Crippen LogP contribution in [-0.2, 0) is 0 Å². The van der Waals surface area contributed by atoms with Crippen molar-refractivity contribution < 1.29 is 10.2 Å². The average molecular weight is 477 g/mol. The molecular formula is C25H28N6O2S. The zero-order valence-corrected chi connectivity index (χ0v) is 20.0. The summed E-state index contributed by atoms with van der Waals surface area (Å²) in [6, 6.07) is 13.8. The van der Waals surface area contributed by atoms with Crippen molar-refractivity contribution in [1.29, 1.82) is 0 Å². The minimum atomic E-state index is -0.530. The van der Waals surface area contributed by atoms with Crippen LogP contribution in [0.2, 0.25) is 0 Å². The molecule has 3 aromatic heterocycles. The lowest BCUT2D eigenvalue weighted by atomic mass is 10.1. The molecule has 1 unspecified atom stereocenters.